The summed E-state index contributed by atoms with van der Waals surface area (Å²) in [6, 6.07) is 8.49. The Morgan fingerprint density at radius 1 is 1.06 bits per heavy atom. The molecule has 1 aromatic carbocycles. The predicted molar refractivity (Wildman–Crippen MR) is 68.2 cm³/mol. The van der Waals surface area contributed by atoms with Crippen LogP contribution in [0, 0.1) is 6.92 Å². The average Bonchev–Trinajstić information content (AvgIpc) is 2.33. The van der Waals surface area contributed by atoms with E-state index in [9.17, 15) is 0 Å². The van der Waals surface area contributed by atoms with Gasteiger partial charge in [0.2, 0.25) is 0 Å². The van der Waals surface area contributed by atoms with E-state index in [2.05, 4.69) is 31.2 Å². The van der Waals surface area contributed by atoms with E-state index in [1.807, 2.05) is 12.3 Å². The molecule has 1 heteroatoms. The first kappa shape index (κ1) is 11.3. The lowest BCUT2D eigenvalue weighted by molar-refractivity contribution is 0.108. The molecule has 0 unspecified atom stereocenters. The van der Waals surface area contributed by atoms with Gasteiger partial charge in [0.15, 0.2) is 0 Å². The van der Waals surface area contributed by atoms with Gasteiger partial charge in [-0.05, 0) is 44.2 Å². The van der Waals surface area contributed by atoms with Crippen LogP contribution in [0.3, 0.4) is 0 Å². The van der Waals surface area contributed by atoms with Crippen LogP contribution in [0.4, 0.5) is 0 Å². The van der Waals surface area contributed by atoms with Gasteiger partial charge in [0.05, 0.1) is 12.4 Å². The number of rotatable bonds is 3. The number of benzene rings is 1. The zero-order valence-corrected chi connectivity index (χ0v) is 9.99. The molecular weight excluding hydrogens is 196 g/mol. The fraction of sp³-hybridized carbons (Fsp3) is 0.467. The van der Waals surface area contributed by atoms with Gasteiger partial charge in [-0.25, -0.2) is 0 Å². The highest BCUT2D eigenvalue weighted by molar-refractivity contribution is 5.48. The van der Waals surface area contributed by atoms with Gasteiger partial charge >= 0.3 is 0 Å². The van der Waals surface area contributed by atoms with Crippen LogP contribution in [0.2, 0.25) is 0 Å². The van der Waals surface area contributed by atoms with Gasteiger partial charge in [0.1, 0.15) is 0 Å². The zero-order chi connectivity index (χ0) is 11.2. The summed E-state index contributed by atoms with van der Waals surface area (Å²) in [6.07, 6.45) is 10.8. The Bertz CT molecular complexity index is 331. The average molecular weight is 216 g/mol. The lowest BCUT2D eigenvalue weighted by Gasteiger charge is -2.20. The molecule has 0 saturated heterocycles. The molecule has 0 N–H and O–H groups in total. The van der Waals surface area contributed by atoms with E-state index in [1.54, 1.807) is 0 Å². The summed E-state index contributed by atoms with van der Waals surface area (Å²) in [6.45, 7) is 2.10. The maximum atomic E-state index is 5.74. The van der Waals surface area contributed by atoms with E-state index in [0.29, 0.717) is 6.10 Å². The van der Waals surface area contributed by atoms with E-state index in [4.69, 9.17) is 4.74 Å². The maximum absolute atomic E-state index is 5.74. The Morgan fingerprint density at radius 3 is 2.44 bits per heavy atom. The van der Waals surface area contributed by atoms with Crippen LogP contribution in [0.5, 0.6) is 0 Å². The molecule has 1 aliphatic rings. The van der Waals surface area contributed by atoms with Gasteiger partial charge in [0, 0.05) is 0 Å². The van der Waals surface area contributed by atoms with Crippen LogP contribution in [-0.2, 0) is 4.74 Å². The summed E-state index contributed by atoms with van der Waals surface area (Å²) >= 11 is 0. The second kappa shape index (κ2) is 5.74. The molecule has 16 heavy (non-hydrogen) atoms. The fourth-order valence-corrected chi connectivity index (χ4v) is 2.11. The molecule has 1 fully saturated rings. The summed E-state index contributed by atoms with van der Waals surface area (Å²) in [5.74, 6) is 0. The van der Waals surface area contributed by atoms with E-state index >= 15 is 0 Å². The number of aryl methyl sites for hydroxylation is 1. The van der Waals surface area contributed by atoms with Gasteiger partial charge < -0.3 is 4.74 Å². The van der Waals surface area contributed by atoms with Crippen molar-refractivity contribution < 1.29 is 4.74 Å². The highest BCUT2D eigenvalue weighted by Gasteiger charge is 2.12. The number of hydrogen-bond donors (Lipinski definition) is 0. The molecule has 1 saturated carbocycles. The van der Waals surface area contributed by atoms with Gasteiger partial charge in [-0.2, -0.15) is 0 Å². The molecule has 0 radical (unpaired) electrons. The Hall–Kier alpha value is -1.24. The molecule has 1 nitrogen and oxygen atoms in total. The van der Waals surface area contributed by atoms with Crippen LogP contribution in [-0.4, -0.2) is 6.10 Å². The first-order valence-corrected chi connectivity index (χ1v) is 6.23. The summed E-state index contributed by atoms with van der Waals surface area (Å²) in [5.41, 5.74) is 2.51. The Balaban J connectivity index is 1.82. The summed E-state index contributed by atoms with van der Waals surface area (Å²) < 4.78 is 5.74. The second-order valence-corrected chi connectivity index (χ2v) is 4.61. The van der Waals surface area contributed by atoms with Crippen molar-refractivity contribution in [3.8, 4) is 0 Å². The number of ether oxygens (including phenoxy) is 1. The third kappa shape index (κ3) is 3.41. The van der Waals surface area contributed by atoms with Crippen molar-refractivity contribution in [3.05, 3.63) is 41.7 Å². The standard InChI is InChI=1S/C15H20O/c1-13-7-9-14(10-8-13)11-12-16-15-5-3-2-4-6-15/h7-12,15H,2-6H2,1H3. The highest BCUT2D eigenvalue weighted by Crippen LogP contribution is 2.20. The lowest BCUT2D eigenvalue weighted by Crippen LogP contribution is -2.13. The van der Waals surface area contributed by atoms with Crippen molar-refractivity contribution in [2.24, 2.45) is 0 Å². The first-order valence-electron chi connectivity index (χ1n) is 6.23. The van der Waals surface area contributed by atoms with Crippen LogP contribution in [0.1, 0.15) is 43.2 Å². The lowest BCUT2D eigenvalue weighted by atomic mass is 9.98. The van der Waals surface area contributed by atoms with E-state index in [1.165, 1.54) is 43.2 Å². The van der Waals surface area contributed by atoms with Gasteiger partial charge in [-0.15, -0.1) is 0 Å². The number of hydrogen-bond acceptors (Lipinski definition) is 1. The van der Waals surface area contributed by atoms with Crippen molar-refractivity contribution in [2.45, 2.75) is 45.1 Å². The maximum Gasteiger partial charge on any atom is 0.0978 e. The molecule has 0 bridgehead atoms. The van der Waals surface area contributed by atoms with Crippen LogP contribution >= 0.6 is 0 Å². The molecule has 0 aromatic heterocycles. The zero-order valence-electron chi connectivity index (χ0n) is 9.99. The second-order valence-electron chi connectivity index (χ2n) is 4.61. The molecule has 86 valence electrons. The Kier molecular flexibility index (Phi) is 4.03. The van der Waals surface area contributed by atoms with Gasteiger partial charge in [0.25, 0.3) is 0 Å². The van der Waals surface area contributed by atoms with E-state index < -0.39 is 0 Å². The summed E-state index contributed by atoms with van der Waals surface area (Å²) in [5, 5.41) is 0. The van der Waals surface area contributed by atoms with Crippen molar-refractivity contribution in [2.75, 3.05) is 0 Å². The topological polar surface area (TPSA) is 9.23 Å². The Morgan fingerprint density at radius 2 is 1.75 bits per heavy atom. The predicted octanol–water partition coefficient (Wildman–Crippen LogP) is 4.32. The molecule has 0 heterocycles. The van der Waals surface area contributed by atoms with Crippen LogP contribution < -0.4 is 0 Å². The molecule has 1 aliphatic carbocycles. The third-order valence-electron chi connectivity index (χ3n) is 3.16. The smallest absolute Gasteiger partial charge is 0.0978 e. The monoisotopic (exact) mass is 216 g/mol. The molecular formula is C15H20O. The fourth-order valence-electron chi connectivity index (χ4n) is 2.11. The molecule has 0 spiro atoms. The highest BCUT2D eigenvalue weighted by atomic mass is 16.5. The minimum Gasteiger partial charge on any atom is -0.498 e. The molecule has 0 atom stereocenters. The first-order chi connectivity index (χ1) is 7.84. The minimum atomic E-state index is 0.454. The summed E-state index contributed by atoms with van der Waals surface area (Å²) in [4.78, 5) is 0. The third-order valence-corrected chi connectivity index (χ3v) is 3.16. The quantitative estimate of drug-likeness (QED) is 0.684. The molecule has 0 aliphatic heterocycles. The van der Waals surface area contributed by atoms with Crippen LogP contribution in [0.15, 0.2) is 30.5 Å². The van der Waals surface area contributed by atoms with Crippen molar-refractivity contribution in [1.82, 2.24) is 0 Å². The Labute approximate surface area is 98.1 Å². The van der Waals surface area contributed by atoms with Gasteiger partial charge in [-0.3, -0.25) is 0 Å². The molecule has 0 amide bonds. The SMILES string of the molecule is Cc1ccc(C=COC2CCCCC2)cc1. The molecule has 1 aromatic rings. The van der Waals surface area contributed by atoms with Crippen molar-refractivity contribution >= 4 is 6.08 Å². The largest absolute Gasteiger partial charge is 0.498 e. The van der Waals surface area contributed by atoms with Crippen molar-refractivity contribution in [1.29, 1.82) is 0 Å². The minimum absolute atomic E-state index is 0.454. The van der Waals surface area contributed by atoms with Gasteiger partial charge in [-0.1, -0.05) is 36.2 Å². The van der Waals surface area contributed by atoms with Crippen LogP contribution in [0.25, 0.3) is 6.08 Å². The molecule has 2 rings (SSSR count). The summed E-state index contributed by atoms with van der Waals surface area (Å²) in [7, 11) is 0. The van der Waals surface area contributed by atoms with E-state index in [0.717, 1.165) is 0 Å². The van der Waals surface area contributed by atoms with Crippen molar-refractivity contribution in [3.63, 3.8) is 0 Å². The normalized spacial score (nSPS) is 17.8. The van der Waals surface area contributed by atoms with E-state index in [-0.39, 0.29) is 0 Å².